The molecule has 2 fully saturated rings. The van der Waals surface area contributed by atoms with Gasteiger partial charge in [0, 0.05) is 44.2 Å². The monoisotopic (exact) mass is 333 g/mol. The van der Waals surface area contributed by atoms with Crippen LogP contribution in [0.4, 0.5) is 10.1 Å². The molecule has 1 unspecified atom stereocenters. The summed E-state index contributed by atoms with van der Waals surface area (Å²) in [5, 5.41) is 0. The third-order valence-corrected chi connectivity index (χ3v) is 4.59. The molecule has 2 aliphatic heterocycles. The minimum absolute atomic E-state index is 0.168. The van der Waals surface area contributed by atoms with Crippen LogP contribution in [0.5, 0.6) is 0 Å². The standard InChI is InChI=1S/C17H20FN3O3/c1-12-10-15(22)21(17(12)24)11-16(23)20-8-6-19(7-9-20)14-4-2-13(18)3-5-14/h2-5,12H,6-11H2,1H3. The van der Waals surface area contributed by atoms with Crippen molar-refractivity contribution < 1.29 is 18.8 Å². The largest absolute Gasteiger partial charge is 0.368 e. The number of carbonyl (C=O) groups excluding carboxylic acids is 3. The summed E-state index contributed by atoms with van der Waals surface area (Å²) >= 11 is 0. The number of likely N-dealkylation sites (tertiary alicyclic amines) is 1. The number of rotatable bonds is 3. The molecule has 3 amide bonds. The molecule has 0 aliphatic carbocycles. The van der Waals surface area contributed by atoms with Crippen molar-refractivity contribution in [2.24, 2.45) is 5.92 Å². The molecule has 24 heavy (non-hydrogen) atoms. The number of carbonyl (C=O) groups is 3. The zero-order valence-electron chi connectivity index (χ0n) is 13.6. The second-order valence-electron chi connectivity index (χ2n) is 6.27. The van der Waals surface area contributed by atoms with Crippen molar-refractivity contribution in [1.29, 1.82) is 0 Å². The molecule has 0 spiro atoms. The van der Waals surface area contributed by atoms with E-state index in [1.807, 2.05) is 0 Å². The third kappa shape index (κ3) is 3.25. The van der Waals surface area contributed by atoms with Gasteiger partial charge in [0.1, 0.15) is 12.4 Å². The number of piperazine rings is 1. The van der Waals surface area contributed by atoms with Gasteiger partial charge >= 0.3 is 0 Å². The van der Waals surface area contributed by atoms with E-state index in [1.54, 1.807) is 24.0 Å². The first-order chi connectivity index (χ1) is 11.5. The molecule has 6 nitrogen and oxygen atoms in total. The fraction of sp³-hybridized carbons (Fsp3) is 0.471. The molecule has 0 bridgehead atoms. The van der Waals surface area contributed by atoms with E-state index in [-0.39, 0.29) is 42.4 Å². The smallest absolute Gasteiger partial charge is 0.242 e. The van der Waals surface area contributed by atoms with Gasteiger partial charge in [0.25, 0.3) is 0 Å². The van der Waals surface area contributed by atoms with E-state index in [2.05, 4.69) is 4.90 Å². The molecule has 1 aromatic carbocycles. The third-order valence-electron chi connectivity index (χ3n) is 4.59. The highest BCUT2D eigenvalue weighted by Crippen LogP contribution is 2.20. The van der Waals surface area contributed by atoms with Crippen LogP contribution in [-0.2, 0) is 14.4 Å². The second kappa shape index (κ2) is 6.59. The average molecular weight is 333 g/mol. The van der Waals surface area contributed by atoms with Crippen LogP contribution >= 0.6 is 0 Å². The van der Waals surface area contributed by atoms with Crippen molar-refractivity contribution in [1.82, 2.24) is 9.80 Å². The van der Waals surface area contributed by atoms with Crippen LogP contribution in [0.1, 0.15) is 13.3 Å². The first-order valence-electron chi connectivity index (χ1n) is 8.08. The summed E-state index contributed by atoms with van der Waals surface area (Å²) < 4.78 is 13.0. The van der Waals surface area contributed by atoms with Gasteiger partial charge < -0.3 is 9.80 Å². The van der Waals surface area contributed by atoms with Gasteiger partial charge in [-0.15, -0.1) is 0 Å². The van der Waals surface area contributed by atoms with E-state index in [4.69, 9.17) is 0 Å². The lowest BCUT2D eigenvalue weighted by Crippen LogP contribution is -2.52. The summed E-state index contributed by atoms with van der Waals surface area (Å²) in [4.78, 5) is 40.8. The van der Waals surface area contributed by atoms with Crippen molar-refractivity contribution in [2.45, 2.75) is 13.3 Å². The SMILES string of the molecule is CC1CC(=O)N(CC(=O)N2CCN(c3ccc(F)cc3)CC2)C1=O. The topological polar surface area (TPSA) is 60.9 Å². The van der Waals surface area contributed by atoms with Crippen LogP contribution in [0, 0.1) is 11.7 Å². The van der Waals surface area contributed by atoms with E-state index in [1.165, 1.54) is 12.1 Å². The zero-order valence-corrected chi connectivity index (χ0v) is 13.6. The van der Waals surface area contributed by atoms with Gasteiger partial charge in [0.05, 0.1) is 0 Å². The zero-order chi connectivity index (χ0) is 17.3. The number of halogens is 1. The summed E-state index contributed by atoms with van der Waals surface area (Å²) in [6, 6.07) is 6.27. The van der Waals surface area contributed by atoms with Crippen LogP contribution in [0.25, 0.3) is 0 Å². The average Bonchev–Trinajstić information content (AvgIpc) is 2.82. The number of amides is 3. The Morgan fingerprint density at radius 3 is 2.29 bits per heavy atom. The highest BCUT2D eigenvalue weighted by atomic mass is 19.1. The molecule has 0 aromatic heterocycles. The molecule has 128 valence electrons. The maximum atomic E-state index is 13.0. The van der Waals surface area contributed by atoms with Gasteiger partial charge in [0.15, 0.2) is 0 Å². The summed E-state index contributed by atoms with van der Waals surface area (Å²) in [5.41, 5.74) is 0.919. The van der Waals surface area contributed by atoms with E-state index in [0.717, 1.165) is 10.6 Å². The number of hydrogen-bond acceptors (Lipinski definition) is 4. The van der Waals surface area contributed by atoms with Crippen LogP contribution in [-0.4, -0.2) is 60.2 Å². The number of anilines is 1. The van der Waals surface area contributed by atoms with Crippen LogP contribution in [0.2, 0.25) is 0 Å². The Morgan fingerprint density at radius 1 is 1.12 bits per heavy atom. The van der Waals surface area contributed by atoms with E-state index >= 15 is 0 Å². The fourth-order valence-electron chi connectivity index (χ4n) is 3.12. The predicted molar refractivity (Wildman–Crippen MR) is 85.7 cm³/mol. The Morgan fingerprint density at radius 2 is 1.75 bits per heavy atom. The van der Waals surface area contributed by atoms with Gasteiger partial charge in [0.2, 0.25) is 17.7 Å². The van der Waals surface area contributed by atoms with Crippen molar-refractivity contribution >= 4 is 23.4 Å². The highest BCUT2D eigenvalue weighted by Gasteiger charge is 2.37. The molecule has 2 saturated heterocycles. The molecular weight excluding hydrogens is 313 g/mol. The maximum Gasteiger partial charge on any atom is 0.242 e. The highest BCUT2D eigenvalue weighted by molar-refractivity contribution is 6.05. The number of hydrogen-bond donors (Lipinski definition) is 0. The first-order valence-corrected chi connectivity index (χ1v) is 8.08. The van der Waals surface area contributed by atoms with Gasteiger partial charge in [-0.05, 0) is 24.3 Å². The van der Waals surface area contributed by atoms with Crippen molar-refractivity contribution in [2.75, 3.05) is 37.6 Å². The molecule has 2 aliphatic rings. The van der Waals surface area contributed by atoms with E-state index < -0.39 is 0 Å². The van der Waals surface area contributed by atoms with Crippen LogP contribution < -0.4 is 4.90 Å². The maximum absolute atomic E-state index is 13.0. The van der Waals surface area contributed by atoms with Gasteiger partial charge in [-0.1, -0.05) is 6.92 Å². The predicted octanol–water partition coefficient (Wildman–Crippen LogP) is 0.869. The number of nitrogens with zero attached hydrogens (tertiary/aromatic N) is 3. The first kappa shape index (κ1) is 16.4. The molecule has 7 heteroatoms. The Bertz CT molecular complexity index is 654. The minimum atomic E-state index is -0.333. The van der Waals surface area contributed by atoms with Crippen molar-refractivity contribution in [3.05, 3.63) is 30.1 Å². The summed E-state index contributed by atoms with van der Waals surface area (Å²) in [5.74, 6) is -1.35. The molecule has 3 rings (SSSR count). The lowest BCUT2D eigenvalue weighted by Gasteiger charge is -2.36. The van der Waals surface area contributed by atoms with E-state index in [0.29, 0.717) is 26.2 Å². The molecule has 0 radical (unpaired) electrons. The summed E-state index contributed by atoms with van der Waals surface area (Å²) in [6.07, 6.45) is 0.185. The van der Waals surface area contributed by atoms with Crippen molar-refractivity contribution in [3.63, 3.8) is 0 Å². The number of benzene rings is 1. The summed E-state index contributed by atoms with van der Waals surface area (Å²) in [6.45, 7) is 3.83. The Kier molecular flexibility index (Phi) is 4.51. The van der Waals surface area contributed by atoms with Crippen LogP contribution in [0.3, 0.4) is 0 Å². The Labute approximate surface area is 139 Å². The molecule has 1 aromatic rings. The van der Waals surface area contributed by atoms with Crippen molar-refractivity contribution in [3.8, 4) is 0 Å². The minimum Gasteiger partial charge on any atom is -0.368 e. The normalized spacial score (nSPS) is 21.6. The lowest BCUT2D eigenvalue weighted by molar-refractivity contribution is -0.146. The van der Waals surface area contributed by atoms with Gasteiger partial charge in [-0.2, -0.15) is 0 Å². The number of imide groups is 1. The van der Waals surface area contributed by atoms with E-state index in [9.17, 15) is 18.8 Å². The van der Waals surface area contributed by atoms with Gasteiger partial charge in [-0.25, -0.2) is 4.39 Å². The molecular formula is C17H20FN3O3. The summed E-state index contributed by atoms with van der Waals surface area (Å²) in [7, 11) is 0. The fourth-order valence-corrected chi connectivity index (χ4v) is 3.12. The molecule has 1 atom stereocenters. The van der Waals surface area contributed by atoms with Gasteiger partial charge in [-0.3, -0.25) is 19.3 Å². The lowest BCUT2D eigenvalue weighted by atomic mass is 10.1. The molecule has 2 heterocycles. The molecule has 0 saturated carbocycles. The Balaban J connectivity index is 1.54. The van der Waals surface area contributed by atoms with Crippen LogP contribution in [0.15, 0.2) is 24.3 Å². The quantitative estimate of drug-likeness (QED) is 0.770. The Hall–Kier alpha value is -2.44. The second-order valence-corrected chi connectivity index (χ2v) is 6.27. The molecule has 0 N–H and O–H groups in total.